The van der Waals surface area contributed by atoms with E-state index in [0.29, 0.717) is 16.8 Å². The second-order valence-corrected chi connectivity index (χ2v) is 7.05. The maximum Gasteiger partial charge on any atom is 0.269 e. The molecule has 0 spiro atoms. The molecule has 0 bridgehead atoms. The molecule has 2 aromatic carbocycles. The van der Waals surface area contributed by atoms with E-state index in [1.165, 1.54) is 30.7 Å². The summed E-state index contributed by atoms with van der Waals surface area (Å²) in [5.74, 6) is -0.446. The summed E-state index contributed by atoms with van der Waals surface area (Å²) in [5.41, 5.74) is 1.26. The van der Waals surface area contributed by atoms with Crippen LogP contribution in [0.15, 0.2) is 48.5 Å². The van der Waals surface area contributed by atoms with Gasteiger partial charge in [0, 0.05) is 42.0 Å². The number of hydrogen-bond acceptors (Lipinski definition) is 4. The summed E-state index contributed by atoms with van der Waals surface area (Å²) in [6, 6.07) is 12.5. The van der Waals surface area contributed by atoms with Gasteiger partial charge in [-0.15, -0.1) is 0 Å². The molecule has 2 aromatic rings. The normalized spacial score (nSPS) is 14.3. The van der Waals surface area contributed by atoms with Crippen molar-refractivity contribution >= 4 is 23.2 Å². The van der Waals surface area contributed by atoms with Crippen LogP contribution in [-0.4, -0.2) is 34.7 Å². The molecule has 1 fully saturated rings. The van der Waals surface area contributed by atoms with Gasteiger partial charge in [-0.3, -0.25) is 19.7 Å². The fourth-order valence-electron chi connectivity index (χ4n) is 3.51. The molecule has 0 atom stereocenters. The number of rotatable bonds is 5. The summed E-state index contributed by atoms with van der Waals surface area (Å²) in [4.78, 5) is 37.2. The molecule has 0 heterocycles. The Bertz CT molecular complexity index is 873. The summed E-state index contributed by atoms with van der Waals surface area (Å²) < 4.78 is 0. The number of anilines is 1. The Morgan fingerprint density at radius 1 is 1.04 bits per heavy atom. The highest BCUT2D eigenvalue weighted by Crippen LogP contribution is 2.23. The highest BCUT2D eigenvalue weighted by atomic mass is 16.6. The van der Waals surface area contributed by atoms with Crippen molar-refractivity contribution in [3.05, 3.63) is 69.8 Å². The smallest absolute Gasteiger partial charge is 0.269 e. The van der Waals surface area contributed by atoms with Crippen molar-refractivity contribution in [2.45, 2.75) is 38.1 Å². The first-order valence-electron chi connectivity index (χ1n) is 9.39. The van der Waals surface area contributed by atoms with Crippen LogP contribution in [0.1, 0.15) is 52.8 Å². The minimum Gasteiger partial charge on any atom is -0.339 e. The maximum atomic E-state index is 12.8. The number of nitrogens with zero attached hydrogens (tertiary/aromatic N) is 2. The highest BCUT2D eigenvalue weighted by molar-refractivity contribution is 6.05. The zero-order valence-corrected chi connectivity index (χ0v) is 15.8. The number of carbonyl (C=O) groups excluding carboxylic acids is 2. The summed E-state index contributed by atoms with van der Waals surface area (Å²) in [7, 11) is 1.83. The molecule has 1 saturated carbocycles. The van der Waals surface area contributed by atoms with Crippen molar-refractivity contribution in [1.82, 2.24) is 4.90 Å². The van der Waals surface area contributed by atoms with E-state index >= 15 is 0 Å². The fraction of sp³-hybridized carbons (Fsp3) is 0.333. The molecule has 7 heteroatoms. The molecule has 0 aromatic heterocycles. The third kappa shape index (κ3) is 4.54. The van der Waals surface area contributed by atoms with Gasteiger partial charge in [0.1, 0.15) is 0 Å². The SMILES string of the molecule is CN(C(=O)c1cccc(NC(=O)c2ccc([N+](=O)[O-])cc2)c1)C1CCCCC1. The van der Waals surface area contributed by atoms with Gasteiger partial charge in [0.05, 0.1) is 4.92 Å². The average molecular weight is 381 g/mol. The summed E-state index contributed by atoms with van der Waals surface area (Å²) >= 11 is 0. The predicted molar refractivity (Wildman–Crippen MR) is 106 cm³/mol. The minimum atomic E-state index is -0.514. The largest absolute Gasteiger partial charge is 0.339 e. The second kappa shape index (κ2) is 8.65. The summed E-state index contributed by atoms with van der Waals surface area (Å²) in [6.07, 6.45) is 5.57. The Hall–Kier alpha value is -3.22. The Balaban J connectivity index is 1.69. The van der Waals surface area contributed by atoms with Gasteiger partial charge in [0.2, 0.25) is 0 Å². The first-order valence-corrected chi connectivity index (χ1v) is 9.39. The molecule has 146 valence electrons. The van der Waals surface area contributed by atoms with Crippen LogP contribution in [0.5, 0.6) is 0 Å². The second-order valence-electron chi connectivity index (χ2n) is 7.05. The number of hydrogen-bond donors (Lipinski definition) is 1. The molecule has 7 nitrogen and oxygen atoms in total. The van der Waals surface area contributed by atoms with Crippen LogP contribution in [0, 0.1) is 10.1 Å². The van der Waals surface area contributed by atoms with E-state index in [4.69, 9.17) is 0 Å². The summed E-state index contributed by atoms with van der Waals surface area (Å²) in [5, 5.41) is 13.5. The monoisotopic (exact) mass is 381 g/mol. The number of non-ortho nitro benzene ring substituents is 1. The third-order valence-electron chi connectivity index (χ3n) is 5.15. The molecule has 0 saturated heterocycles. The lowest BCUT2D eigenvalue weighted by Gasteiger charge is -2.31. The van der Waals surface area contributed by atoms with Gasteiger partial charge in [0.15, 0.2) is 0 Å². The van der Waals surface area contributed by atoms with Gasteiger partial charge in [-0.2, -0.15) is 0 Å². The first-order chi connectivity index (χ1) is 13.5. The molecule has 0 unspecified atom stereocenters. The Morgan fingerprint density at radius 3 is 2.36 bits per heavy atom. The lowest BCUT2D eigenvalue weighted by atomic mass is 9.94. The van der Waals surface area contributed by atoms with Gasteiger partial charge in [-0.05, 0) is 43.2 Å². The van der Waals surface area contributed by atoms with Crippen molar-refractivity contribution < 1.29 is 14.5 Å². The van der Waals surface area contributed by atoms with Crippen molar-refractivity contribution in [2.75, 3.05) is 12.4 Å². The Kier molecular flexibility index (Phi) is 6.03. The number of amides is 2. The van der Waals surface area contributed by atoms with Gasteiger partial charge >= 0.3 is 0 Å². The lowest BCUT2D eigenvalue weighted by molar-refractivity contribution is -0.384. The Labute approximate surface area is 163 Å². The van der Waals surface area contributed by atoms with Gasteiger partial charge in [-0.25, -0.2) is 0 Å². The zero-order valence-electron chi connectivity index (χ0n) is 15.8. The van der Waals surface area contributed by atoms with Gasteiger partial charge < -0.3 is 10.2 Å². The molecule has 1 aliphatic rings. The predicted octanol–water partition coefficient (Wildman–Crippen LogP) is 4.25. The van der Waals surface area contributed by atoms with E-state index in [0.717, 1.165) is 25.7 Å². The molecule has 1 N–H and O–H groups in total. The Morgan fingerprint density at radius 2 is 1.71 bits per heavy atom. The van der Waals surface area contributed by atoms with E-state index < -0.39 is 4.92 Å². The van der Waals surface area contributed by atoms with Crippen LogP contribution >= 0.6 is 0 Å². The standard InChI is InChI=1S/C21H23N3O4/c1-23(18-8-3-2-4-9-18)21(26)16-6-5-7-17(14-16)22-20(25)15-10-12-19(13-11-15)24(27)28/h5-7,10-14,18H,2-4,8-9H2,1H3,(H,22,25). The van der Waals surface area contributed by atoms with Gasteiger partial charge in [-0.1, -0.05) is 25.3 Å². The van der Waals surface area contributed by atoms with Crippen LogP contribution in [0.2, 0.25) is 0 Å². The van der Waals surface area contributed by atoms with Crippen LogP contribution in [0.3, 0.4) is 0 Å². The molecular weight excluding hydrogens is 358 g/mol. The van der Waals surface area contributed by atoms with E-state index in [1.807, 2.05) is 7.05 Å². The fourth-order valence-corrected chi connectivity index (χ4v) is 3.51. The number of nitro groups is 1. The van der Waals surface area contributed by atoms with E-state index in [1.54, 1.807) is 29.2 Å². The number of nitro benzene ring substituents is 1. The van der Waals surface area contributed by atoms with E-state index in [2.05, 4.69) is 5.32 Å². The van der Waals surface area contributed by atoms with Gasteiger partial charge in [0.25, 0.3) is 17.5 Å². The molecule has 0 radical (unpaired) electrons. The minimum absolute atomic E-state index is 0.0571. The molecule has 1 aliphatic carbocycles. The lowest BCUT2D eigenvalue weighted by Crippen LogP contribution is -2.38. The number of carbonyl (C=O) groups is 2. The topological polar surface area (TPSA) is 92.6 Å². The van der Waals surface area contributed by atoms with Crippen molar-refractivity contribution in [3.63, 3.8) is 0 Å². The molecular formula is C21H23N3O4. The van der Waals surface area contributed by atoms with Crippen molar-refractivity contribution in [2.24, 2.45) is 0 Å². The van der Waals surface area contributed by atoms with Crippen LogP contribution in [0.25, 0.3) is 0 Å². The molecule has 28 heavy (non-hydrogen) atoms. The maximum absolute atomic E-state index is 12.8. The molecule has 0 aliphatic heterocycles. The molecule has 2 amide bonds. The number of nitrogens with one attached hydrogen (secondary N) is 1. The van der Waals surface area contributed by atoms with E-state index in [-0.39, 0.29) is 23.5 Å². The first kappa shape index (κ1) is 19.5. The van der Waals surface area contributed by atoms with E-state index in [9.17, 15) is 19.7 Å². The average Bonchev–Trinajstić information content (AvgIpc) is 2.73. The summed E-state index contributed by atoms with van der Waals surface area (Å²) in [6.45, 7) is 0. The third-order valence-corrected chi connectivity index (χ3v) is 5.15. The quantitative estimate of drug-likeness (QED) is 0.619. The van der Waals surface area contributed by atoms with Crippen LogP contribution in [0.4, 0.5) is 11.4 Å². The van der Waals surface area contributed by atoms with Crippen molar-refractivity contribution in [1.29, 1.82) is 0 Å². The van der Waals surface area contributed by atoms with Crippen molar-refractivity contribution in [3.8, 4) is 0 Å². The van der Waals surface area contributed by atoms with Crippen LogP contribution in [-0.2, 0) is 0 Å². The number of benzene rings is 2. The highest BCUT2D eigenvalue weighted by Gasteiger charge is 2.23. The van der Waals surface area contributed by atoms with Crippen LogP contribution < -0.4 is 5.32 Å². The molecule has 3 rings (SSSR count). The zero-order chi connectivity index (χ0) is 20.1.